The van der Waals surface area contributed by atoms with Crippen LogP contribution in [0, 0.1) is 5.41 Å². The highest BCUT2D eigenvalue weighted by Crippen LogP contribution is 2.32. The molecule has 0 saturated carbocycles. The monoisotopic (exact) mass is 263 g/mol. The molecule has 0 aromatic heterocycles. The number of ether oxygens (including phenoxy) is 2. The fourth-order valence-electron chi connectivity index (χ4n) is 2.62. The molecule has 2 atom stereocenters. The Hall–Kier alpha value is -1.06. The van der Waals surface area contributed by atoms with Crippen molar-refractivity contribution >= 4 is 0 Å². The number of benzene rings is 1. The fraction of sp³-hybridized carbons (Fsp3) is 0.625. The van der Waals surface area contributed by atoms with E-state index >= 15 is 0 Å². The highest BCUT2D eigenvalue weighted by Gasteiger charge is 2.28. The minimum Gasteiger partial charge on any atom is -0.496 e. The van der Waals surface area contributed by atoms with Gasteiger partial charge in [0.2, 0.25) is 0 Å². The van der Waals surface area contributed by atoms with Gasteiger partial charge in [-0.2, -0.15) is 0 Å². The fourth-order valence-corrected chi connectivity index (χ4v) is 2.62. The number of morpholine rings is 1. The maximum atomic E-state index is 6.25. The van der Waals surface area contributed by atoms with Crippen LogP contribution in [0.4, 0.5) is 0 Å². The van der Waals surface area contributed by atoms with Gasteiger partial charge in [-0.3, -0.25) is 0 Å². The Kier molecular flexibility index (Phi) is 4.48. The standard InChI is InChI=1S/C16H25NO2/c1-16(2,3)9-12-10-17-11-15(19-12)13-7-5-6-8-14(13)18-4/h5-8,12,15,17H,9-11H2,1-4H3. The molecule has 19 heavy (non-hydrogen) atoms. The maximum absolute atomic E-state index is 6.25. The lowest BCUT2D eigenvalue weighted by molar-refractivity contribution is -0.0560. The lowest BCUT2D eigenvalue weighted by atomic mass is 9.88. The van der Waals surface area contributed by atoms with Gasteiger partial charge in [-0.1, -0.05) is 39.0 Å². The van der Waals surface area contributed by atoms with Crippen LogP contribution in [0.15, 0.2) is 24.3 Å². The van der Waals surface area contributed by atoms with Gasteiger partial charge in [0, 0.05) is 18.7 Å². The van der Waals surface area contributed by atoms with E-state index in [0.29, 0.717) is 0 Å². The van der Waals surface area contributed by atoms with E-state index in [1.54, 1.807) is 7.11 Å². The summed E-state index contributed by atoms with van der Waals surface area (Å²) >= 11 is 0. The summed E-state index contributed by atoms with van der Waals surface area (Å²) in [7, 11) is 1.71. The summed E-state index contributed by atoms with van der Waals surface area (Å²) in [5.74, 6) is 0.908. The van der Waals surface area contributed by atoms with E-state index in [1.807, 2.05) is 18.2 Å². The van der Waals surface area contributed by atoms with Crippen molar-refractivity contribution in [1.29, 1.82) is 0 Å². The van der Waals surface area contributed by atoms with Crippen molar-refractivity contribution < 1.29 is 9.47 Å². The van der Waals surface area contributed by atoms with E-state index < -0.39 is 0 Å². The van der Waals surface area contributed by atoms with Crippen molar-refractivity contribution in [2.75, 3.05) is 20.2 Å². The van der Waals surface area contributed by atoms with Gasteiger partial charge in [-0.15, -0.1) is 0 Å². The van der Waals surface area contributed by atoms with Crippen molar-refractivity contribution in [2.45, 2.75) is 39.4 Å². The van der Waals surface area contributed by atoms with Crippen LogP contribution in [0.5, 0.6) is 5.75 Å². The van der Waals surface area contributed by atoms with Crippen LogP contribution < -0.4 is 10.1 Å². The number of nitrogens with one attached hydrogen (secondary N) is 1. The van der Waals surface area contributed by atoms with E-state index in [4.69, 9.17) is 9.47 Å². The zero-order valence-electron chi connectivity index (χ0n) is 12.4. The molecule has 1 heterocycles. The summed E-state index contributed by atoms with van der Waals surface area (Å²) in [6.45, 7) is 8.54. The van der Waals surface area contributed by atoms with E-state index in [0.717, 1.165) is 30.8 Å². The molecule has 0 radical (unpaired) electrons. The van der Waals surface area contributed by atoms with Gasteiger partial charge in [0.15, 0.2) is 0 Å². The second-order valence-corrected chi connectivity index (χ2v) is 6.41. The Morgan fingerprint density at radius 1 is 1.26 bits per heavy atom. The van der Waals surface area contributed by atoms with Crippen LogP contribution in [-0.2, 0) is 4.74 Å². The lowest BCUT2D eigenvalue weighted by Gasteiger charge is -2.35. The van der Waals surface area contributed by atoms with Crippen LogP contribution in [0.2, 0.25) is 0 Å². The van der Waals surface area contributed by atoms with Gasteiger partial charge < -0.3 is 14.8 Å². The quantitative estimate of drug-likeness (QED) is 0.908. The average molecular weight is 263 g/mol. The van der Waals surface area contributed by atoms with Crippen molar-refractivity contribution in [2.24, 2.45) is 5.41 Å². The molecule has 1 fully saturated rings. The molecule has 0 amide bonds. The summed E-state index contributed by atoms with van der Waals surface area (Å²) in [6, 6.07) is 8.11. The normalized spacial score (nSPS) is 24.2. The summed E-state index contributed by atoms with van der Waals surface area (Å²) in [6.07, 6.45) is 1.41. The van der Waals surface area contributed by atoms with Gasteiger partial charge in [-0.05, 0) is 17.9 Å². The summed E-state index contributed by atoms with van der Waals surface area (Å²) in [5.41, 5.74) is 1.42. The topological polar surface area (TPSA) is 30.5 Å². The molecule has 1 aliphatic rings. The van der Waals surface area contributed by atoms with E-state index in [9.17, 15) is 0 Å². The second kappa shape index (κ2) is 5.93. The van der Waals surface area contributed by atoms with Crippen molar-refractivity contribution in [1.82, 2.24) is 5.32 Å². The van der Waals surface area contributed by atoms with Crippen LogP contribution in [-0.4, -0.2) is 26.3 Å². The van der Waals surface area contributed by atoms with Crippen LogP contribution >= 0.6 is 0 Å². The predicted octanol–water partition coefficient (Wildman–Crippen LogP) is 3.16. The third kappa shape index (κ3) is 3.95. The minimum atomic E-state index is 0.0808. The summed E-state index contributed by atoms with van der Waals surface area (Å²) in [5, 5.41) is 3.48. The molecule has 3 heteroatoms. The van der Waals surface area contributed by atoms with Crippen LogP contribution in [0.25, 0.3) is 0 Å². The Balaban J connectivity index is 2.08. The summed E-state index contributed by atoms with van der Waals surface area (Å²) < 4.78 is 11.7. The van der Waals surface area contributed by atoms with Gasteiger partial charge >= 0.3 is 0 Å². The summed E-state index contributed by atoms with van der Waals surface area (Å²) in [4.78, 5) is 0. The number of methoxy groups -OCH3 is 1. The highest BCUT2D eigenvalue weighted by atomic mass is 16.5. The molecule has 2 rings (SSSR count). The third-order valence-corrected chi connectivity index (χ3v) is 3.38. The van der Waals surface area contributed by atoms with E-state index in [2.05, 4.69) is 32.2 Å². The van der Waals surface area contributed by atoms with Gasteiger partial charge in [0.25, 0.3) is 0 Å². The number of hydrogen-bond donors (Lipinski definition) is 1. The number of para-hydroxylation sites is 1. The lowest BCUT2D eigenvalue weighted by Crippen LogP contribution is -2.42. The first-order valence-corrected chi connectivity index (χ1v) is 6.99. The molecule has 3 nitrogen and oxygen atoms in total. The molecule has 2 unspecified atom stereocenters. The highest BCUT2D eigenvalue weighted by molar-refractivity contribution is 5.35. The van der Waals surface area contributed by atoms with E-state index in [-0.39, 0.29) is 17.6 Å². The molecule has 1 aromatic carbocycles. The average Bonchev–Trinajstić information content (AvgIpc) is 2.37. The van der Waals surface area contributed by atoms with Gasteiger partial charge in [-0.25, -0.2) is 0 Å². The first-order valence-electron chi connectivity index (χ1n) is 6.99. The largest absolute Gasteiger partial charge is 0.496 e. The van der Waals surface area contributed by atoms with Gasteiger partial charge in [0.1, 0.15) is 5.75 Å². The molecule has 1 saturated heterocycles. The number of rotatable bonds is 3. The first kappa shape index (κ1) is 14.4. The molecular weight excluding hydrogens is 238 g/mol. The van der Waals surface area contributed by atoms with Gasteiger partial charge in [0.05, 0.1) is 19.3 Å². The molecule has 1 aliphatic heterocycles. The SMILES string of the molecule is COc1ccccc1C1CNCC(CC(C)(C)C)O1. The molecule has 0 aliphatic carbocycles. The van der Waals surface area contributed by atoms with Crippen molar-refractivity contribution in [3.63, 3.8) is 0 Å². The second-order valence-electron chi connectivity index (χ2n) is 6.41. The Labute approximate surface area is 116 Å². The molecule has 1 N–H and O–H groups in total. The van der Waals surface area contributed by atoms with Crippen LogP contribution in [0.3, 0.4) is 0 Å². The maximum Gasteiger partial charge on any atom is 0.124 e. The zero-order chi connectivity index (χ0) is 13.9. The number of hydrogen-bond acceptors (Lipinski definition) is 3. The van der Waals surface area contributed by atoms with Crippen molar-refractivity contribution in [3.05, 3.63) is 29.8 Å². The molecular formula is C16H25NO2. The third-order valence-electron chi connectivity index (χ3n) is 3.38. The van der Waals surface area contributed by atoms with Crippen LogP contribution in [0.1, 0.15) is 38.9 Å². The molecule has 0 spiro atoms. The molecule has 0 bridgehead atoms. The Morgan fingerprint density at radius 2 is 2.00 bits per heavy atom. The Morgan fingerprint density at radius 3 is 2.68 bits per heavy atom. The van der Waals surface area contributed by atoms with Crippen molar-refractivity contribution in [3.8, 4) is 5.75 Å². The molecule has 1 aromatic rings. The van der Waals surface area contributed by atoms with E-state index in [1.165, 1.54) is 0 Å². The first-order chi connectivity index (χ1) is 8.99. The minimum absolute atomic E-state index is 0.0808. The Bertz CT molecular complexity index is 411. The zero-order valence-corrected chi connectivity index (χ0v) is 12.4. The predicted molar refractivity (Wildman–Crippen MR) is 77.5 cm³/mol. The smallest absolute Gasteiger partial charge is 0.124 e. The molecule has 106 valence electrons.